The largest absolute Gasteiger partial charge is 0.465 e. The van der Waals surface area contributed by atoms with Crippen molar-refractivity contribution in [2.75, 3.05) is 18.1 Å². The average molecular weight is 349 g/mol. The van der Waals surface area contributed by atoms with Gasteiger partial charge in [0.1, 0.15) is 5.76 Å². The molecule has 1 amide bonds. The Morgan fingerprint density at radius 1 is 1.08 bits per heavy atom. The average Bonchev–Trinajstić information content (AvgIpc) is 3.19. The molecule has 1 aromatic heterocycles. The summed E-state index contributed by atoms with van der Waals surface area (Å²) in [6.45, 7) is 2.04. The molecular formula is C21H19NO4. The zero-order valence-corrected chi connectivity index (χ0v) is 14.4. The van der Waals surface area contributed by atoms with E-state index in [1.807, 2.05) is 49.4 Å². The van der Waals surface area contributed by atoms with Gasteiger partial charge >= 0.3 is 5.97 Å². The number of anilines is 1. The maximum Gasteiger partial charge on any atom is 0.331 e. The molecule has 3 rings (SSSR count). The minimum absolute atomic E-state index is 0.274. The van der Waals surface area contributed by atoms with Gasteiger partial charge in [-0.2, -0.15) is 0 Å². The molecule has 1 heterocycles. The highest BCUT2D eigenvalue weighted by Crippen LogP contribution is 2.26. The molecule has 0 fully saturated rings. The number of rotatable bonds is 6. The van der Waals surface area contributed by atoms with Crippen molar-refractivity contribution in [1.82, 2.24) is 0 Å². The third-order valence-electron chi connectivity index (χ3n) is 3.94. The molecule has 2 aromatic carbocycles. The van der Waals surface area contributed by atoms with E-state index in [9.17, 15) is 9.59 Å². The summed E-state index contributed by atoms with van der Waals surface area (Å²) in [4.78, 5) is 26.0. The Hall–Kier alpha value is -3.34. The van der Waals surface area contributed by atoms with Gasteiger partial charge in [-0.3, -0.25) is 4.79 Å². The summed E-state index contributed by atoms with van der Waals surface area (Å²) in [6.07, 6.45) is 4.24. The third kappa shape index (κ3) is 4.00. The minimum atomic E-state index is -0.594. The van der Waals surface area contributed by atoms with Gasteiger partial charge in [-0.25, -0.2) is 4.79 Å². The Kier molecular flexibility index (Phi) is 5.49. The second-order valence-corrected chi connectivity index (χ2v) is 5.59. The molecule has 0 unspecified atom stereocenters. The molecule has 132 valence electrons. The highest BCUT2D eigenvalue weighted by molar-refractivity contribution is 6.04. The number of hydrogen-bond donors (Lipinski definition) is 0. The van der Waals surface area contributed by atoms with E-state index in [4.69, 9.17) is 9.15 Å². The monoisotopic (exact) mass is 349 g/mol. The normalized spacial score (nSPS) is 11.0. The van der Waals surface area contributed by atoms with Crippen LogP contribution in [0, 0.1) is 0 Å². The second-order valence-electron chi connectivity index (χ2n) is 5.59. The first-order valence-corrected chi connectivity index (χ1v) is 8.35. The van der Waals surface area contributed by atoms with Crippen LogP contribution >= 0.6 is 0 Å². The molecule has 26 heavy (non-hydrogen) atoms. The van der Waals surface area contributed by atoms with E-state index in [2.05, 4.69) is 0 Å². The van der Waals surface area contributed by atoms with Gasteiger partial charge in [-0.15, -0.1) is 0 Å². The minimum Gasteiger partial charge on any atom is -0.465 e. The van der Waals surface area contributed by atoms with Gasteiger partial charge in [0.2, 0.25) is 0 Å². The summed E-state index contributed by atoms with van der Waals surface area (Å²) in [5.41, 5.74) is 0.803. The Balaban J connectivity index is 1.68. The number of esters is 1. The van der Waals surface area contributed by atoms with Gasteiger partial charge in [0, 0.05) is 18.0 Å². The lowest BCUT2D eigenvalue weighted by Gasteiger charge is -2.22. The van der Waals surface area contributed by atoms with Crippen molar-refractivity contribution >= 4 is 34.4 Å². The molecule has 0 atom stereocenters. The number of benzene rings is 2. The van der Waals surface area contributed by atoms with Gasteiger partial charge in [0.05, 0.1) is 12.0 Å². The molecule has 0 N–H and O–H groups in total. The molecule has 0 radical (unpaired) electrons. The molecular weight excluding hydrogens is 330 g/mol. The fraction of sp³-hybridized carbons (Fsp3) is 0.143. The number of fused-ring (bicyclic) bond motifs is 1. The number of carbonyl (C=O) groups excluding carboxylic acids is 2. The van der Waals surface area contributed by atoms with Crippen molar-refractivity contribution in [2.45, 2.75) is 6.92 Å². The van der Waals surface area contributed by atoms with E-state index >= 15 is 0 Å². The Morgan fingerprint density at radius 2 is 1.88 bits per heavy atom. The number of ether oxygens (including phenoxy) is 1. The van der Waals surface area contributed by atoms with Crippen LogP contribution in [0.25, 0.3) is 16.8 Å². The van der Waals surface area contributed by atoms with Crippen molar-refractivity contribution in [3.05, 3.63) is 72.7 Å². The number of furan rings is 1. The molecule has 0 aliphatic carbocycles. The van der Waals surface area contributed by atoms with Crippen LogP contribution in [0.15, 0.2) is 71.4 Å². The van der Waals surface area contributed by atoms with E-state index in [1.165, 1.54) is 18.4 Å². The van der Waals surface area contributed by atoms with Crippen LogP contribution in [0.5, 0.6) is 0 Å². The molecule has 0 bridgehead atoms. The van der Waals surface area contributed by atoms with Crippen LogP contribution in [0.1, 0.15) is 12.7 Å². The first-order chi connectivity index (χ1) is 12.7. The smallest absolute Gasteiger partial charge is 0.331 e. The lowest BCUT2D eigenvalue weighted by molar-refractivity contribution is -0.142. The number of likely N-dealkylation sites (N-methyl/N-ethyl adjacent to an activating group) is 1. The topological polar surface area (TPSA) is 59.8 Å². The quantitative estimate of drug-likeness (QED) is 0.498. The molecule has 0 aliphatic rings. The Bertz CT molecular complexity index is 923. The van der Waals surface area contributed by atoms with Crippen molar-refractivity contribution in [3.63, 3.8) is 0 Å². The van der Waals surface area contributed by atoms with Crippen LogP contribution in [0.3, 0.4) is 0 Å². The lowest BCUT2D eigenvalue weighted by Crippen LogP contribution is -2.34. The molecule has 5 nitrogen and oxygen atoms in total. The summed E-state index contributed by atoms with van der Waals surface area (Å²) in [5, 5.41) is 2.03. The standard InChI is InChI=1S/C21H19NO4/c1-2-22(19-11-5-8-16-7-3-4-10-18(16)19)20(23)15-26-21(24)13-12-17-9-6-14-25-17/h3-14H,2,15H2,1H3/b13-12+. The van der Waals surface area contributed by atoms with E-state index in [0.717, 1.165) is 16.5 Å². The Morgan fingerprint density at radius 3 is 2.65 bits per heavy atom. The predicted octanol–water partition coefficient (Wildman–Crippen LogP) is 4.04. The van der Waals surface area contributed by atoms with Crippen molar-refractivity contribution in [3.8, 4) is 0 Å². The van der Waals surface area contributed by atoms with Crippen molar-refractivity contribution < 1.29 is 18.7 Å². The van der Waals surface area contributed by atoms with Crippen molar-refractivity contribution in [2.24, 2.45) is 0 Å². The first kappa shape index (κ1) is 17.5. The highest BCUT2D eigenvalue weighted by atomic mass is 16.5. The van der Waals surface area contributed by atoms with Gasteiger partial charge < -0.3 is 14.1 Å². The Labute approximate surface area is 151 Å². The summed E-state index contributed by atoms with van der Waals surface area (Å²) >= 11 is 0. The van der Waals surface area contributed by atoms with E-state index < -0.39 is 5.97 Å². The molecule has 0 aliphatic heterocycles. The summed E-state index contributed by atoms with van der Waals surface area (Å²) in [5.74, 6) is -0.327. The summed E-state index contributed by atoms with van der Waals surface area (Å²) in [7, 11) is 0. The van der Waals surface area contributed by atoms with Crippen LogP contribution in [-0.4, -0.2) is 25.0 Å². The maximum absolute atomic E-state index is 12.6. The molecule has 0 spiro atoms. The van der Waals surface area contributed by atoms with Gasteiger partial charge in [0.25, 0.3) is 5.91 Å². The number of nitrogens with zero attached hydrogens (tertiary/aromatic N) is 1. The SMILES string of the molecule is CCN(C(=O)COC(=O)/C=C/c1ccco1)c1cccc2ccccc12. The molecule has 5 heteroatoms. The molecule has 0 saturated carbocycles. The highest BCUT2D eigenvalue weighted by Gasteiger charge is 2.17. The zero-order valence-electron chi connectivity index (χ0n) is 14.4. The fourth-order valence-electron chi connectivity index (χ4n) is 2.72. The zero-order chi connectivity index (χ0) is 18.4. The predicted molar refractivity (Wildman–Crippen MR) is 101 cm³/mol. The maximum atomic E-state index is 12.6. The van der Waals surface area contributed by atoms with E-state index in [1.54, 1.807) is 17.0 Å². The number of amides is 1. The second kappa shape index (κ2) is 8.16. The van der Waals surface area contributed by atoms with E-state index in [-0.39, 0.29) is 12.5 Å². The number of hydrogen-bond acceptors (Lipinski definition) is 4. The van der Waals surface area contributed by atoms with Gasteiger partial charge in [-0.1, -0.05) is 36.4 Å². The lowest BCUT2D eigenvalue weighted by atomic mass is 10.1. The number of carbonyl (C=O) groups is 2. The van der Waals surface area contributed by atoms with Crippen LogP contribution in [0.2, 0.25) is 0 Å². The van der Waals surface area contributed by atoms with Gasteiger partial charge in [0.15, 0.2) is 6.61 Å². The summed E-state index contributed by atoms with van der Waals surface area (Å²) in [6, 6.07) is 17.1. The van der Waals surface area contributed by atoms with E-state index in [0.29, 0.717) is 12.3 Å². The van der Waals surface area contributed by atoms with Gasteiger partial charge in [-0.05, 0) is 36.6 Å². The van der Waals surface area contributed by atoms with Crippen LogP contribution in [0.4, 0.5) is 5.69 Å². The third-order valence-corrected chi connectivity index (χ3v) is 3.94. The fourth-order valence-corrected chi connectivity index (χ4v) is 2.72. The molecule has 3 aromatic rings. The van der Waals surface area contributed by atoms with Crippen molar-refractivity contribution in [1.29, 1.82) is 0 Å². The first-order valence-electron chi connectivity index (χ1n) is 8.35. The van der Waals surface area contributed by atoms with Crippen LogP contribution < -0.4 is 4.90 Å². The molecule has 0 saturated heterocycles. The van der Waals surface area contributed by atoms with Crippen LogP contribution in [-0.2, 0) is 14.3 Å². The summed E-state index contributed by atoms with van der Waals surface area (Å²) < 4.78 is 10.2.